The summed E-state index contributed by atoms with van der Waals surface area (Å²) in [5.41, 5.74) is 3.22. The maximum atomic E-state index is 13.6. The summed E-state index contributed by atoms with van der Waals surface area (Å²) in [5.74, 6) is 0.311. The molecule has 0 saturated heterocycles. The third-order valence-corrected chi connectivity index (χ3v) is 6.53. The summed E-state index contributed by atoms with van der Waals surface area (Å²) < 4.78 is 6.21. The third kappa shape index (κ3) is 3.77. The minimum absolute atomic E-state index is 0.247. The molecule has 0 bridgehead atoms. The second-order valence-corrected chi connectivity index (χ2v) is 8.43. The zero-order valence-corrected chi connectivity index (χ0v) is 18.6. The number of aromatic nitrogens is 3. The molecule has 0 saturated carbocycles. The summed E-state index contributed by atoms with van der Waals surface area (Å²) in [4.78, 5) is 28.9. The molecule has 6 nitrogen and oxygen atoms in total. The summed E-state index contributed by atoms with van der Waals surface area (Å²) in [6, 6.07) is 20.7. The number of para-hydroxylation sites is 2. The van der Waals surface area contributed by atoms with Crippen molar-refractivity contribution in [1.29, 1.82) is 0 Å². The van der Waals surface area contributed by atoms with Crippen LogP contribution < -0.4 is 9.64 Å². The lowest BCUT2D eigenvalue weighted by Crippen LogP contribution is -2.31. The Morgan fingerprint density at radius 3 is 2.53 bits per heavy atom. The summed E-state index contributed by atoms with van der Waals surface area (Å²) in [6.45, 7) is 0.327. The Bertz CT molecular complexity index is 1440. The van der Waals surface area contributed by atoms with Crippen molar-refractivity contribution < 1.29 is 9.53 Å². The highest BCUT2D eigenvalue weighted by atomic mass is 35.5. The molecule has 5 aromatic rings. The summed E-state index contributed by atoms with van der Waals surface area (Å²) in [6.07, 6.45) is 1.50. The van der Waals surface area contributed by atoms with E-state index in [1.165, 1.54) is 17.5 Å². The molecule has 0 fully saturated rings. The molecule has 3 aromatic carbocycles. The van der Waals surface area contributed by atoms with Gasteiger partial charge in [-0.25, -0.2) is 9.97 Å². The average Bonchev–Trinajstić information content (AvgIpc) is 3.29. The van der Waals surface area contributed by atoms with Crippen molar-refractivity contribution in [1.82, 2.24) is 15.0 Å². The maximum Gasteiger partial charge on any atom is 0.280 e. The Kier molecular flexibility index (Phi) is 5.43. The number of hydrogen-bond donors (Lipinski definition) is 0. The first-order valence-corrected chi connectivity index (χ1v) is 11.0. The van der Waals surface area contributed by atoms with E-state index < -0.39 is 0 Å². The van der Waals surface area contributed by atoms with Crippen molar-refractivity contribution in [3.8, 4) is 5.75 Å². The Hall–Kier alpha value is -3.55. The van der Waals surface area contributed by atoms with Crippen LogP contribution in [0.25, 0.3) is 21.3 Å². The molecule has 0 aliphatic rings. The van der Waals surface area contributed by atoms with Crippen molar-refractivity contribution in [3.63, 3.8) is 0 Å². The molecular weight excluding hydrogens is 444 g/mol. The molecule has 0 aliphatic heterocycles. The third-order valence-electron chi connectivity index (χ3n) is 4.99. The smallest absolute Gasteiger partial charge is 0.280 e. The Morgan fingerprint density at radius 1 is 1.00 bits per heavy atom. The molecule has 158 valence electrons. The van der Waals surface area contributed by atoms with Gasteiger partial charge < -0.3 is 4.74 Å². The van der Waals surface area contributed by atoms with Gasteiger partial charge in [-0.05, 0) is 29.8 Å². The monoisotopic (exact) mass is 460 g/mol. The highest BCUT2D eigenvalue weighted by Gasteiger charge is 2.25. The molecule has 0 unspecified atom stereocenters. The van der Waals surface area contributed by atoms with Crippen LogP contribution in [0.3, 0.4) is 0 Å². The van der Waals surface area contributed by atoms with Gasteiger partial charge in [0.1, 0.15) is 17.0 Å². The maximum absolute atomic E-state index is 13.6. The van der Waals surface area contributed by atoms with Crippen LogP contribution >= 0.6 is 22.9 Å². The topological polar surface area (TPSA) is 68.2 Å². The second kappa shape index (κ2) is 8.53. The molecule has 2 aromatic heterocycles. The number of thiazole rings is 1. The van der Waals surface area contributed by atoms with Gasteiger partial charge in [0.2, 0.25) is 0 Å². The van der Waals surface area contributed by atoms with Gasteiger partial charge >= 0.3 is 0 Å². The molecule has 8 heteroatoms. The highest BCUT2D eigenvalue weighted by molar-refractivity contribution is 7.23. The number of benzene rings is 3. The second-order valence-electron chi connectivity index (χ2n) is 7.04. The van der Waals surface area contributed by atoms with Crippen LogP contribution in [0.4, 0.5) is 5.13 Å². The molecule has 0 radical (unpaired) electrons. The van der Waals surface area contributed by atoms with Gasteiger partial charge in [-0.1, -0.05) is 65.4 Å². The lowest BCUT2D eigenvalue weighted by molar-refractivity contribution is 0.0980. The normalized spacial score (nSPS) is 11.1. The van der Waals surface area contributed by atoms with E-state index in [2.05, 4.69) is 9.97 Å². The van der Waals surface area contributed by atoms with Gasteiger partial charge in [-0.2, -0.15) is 0 Å². The first-order chi connectivity index (χ1) is 15.6. The van der Waals surface area contributed by atoms with E-state index in [1.54, 1.807) is 24.1 Å². The van der Waals surface area contributed by atoms with Gasteiger partial charge in [0, 0.05) is 0 Å². The number of carbonyl (C=O) groups is 1. The van der Waals surface area contributed by atoms with Crippen LogP contribution in [0.2, 0.25) is 5.02 Å². The first kappa shape index (κ1) is 20.4. The SMILES string of the molecule is COc1ccc(Cl)c2sc(N(Cc3ccccc3)C(=O)c3cnc4ccccc4n3)nc12. The van der Waals surface area contributed by atoms with E-state index in [-0.39, 0.29) is 11.6 Å². The van der Waals surface area contributed by atoms with Crippen molar-refractivity contribution >= 4 is 55.2 Å². The number of amides is 1. The minimum atomic E-state index is -0.291. The number of hydrogen-bond acceptors (Lipinski definition) is 6. The lowest BCUT2D eigenvalue weighted by Gasteiger charge is -2.19. The predicted octanol–water partition coefficient (Wildman–Crippen LogP) is 5.75. The number of anilines is 1. The Labute approximate surface area is 193 Å². The number of nitrogens with zero attached hydrogens (tertiary/aromatic N) is 4. The van der Waals surface area contributed by atoms with E-state index in [0.717, 1.165) is 15.8 Å². The molecule has 1 amide bonds. The van der Waals surface area contributed by atoms with Gasteiger partial charge in [0.15, 0.2) is 5.13 Å². The fraction of sp³-hybridized carbons (Fsp3) is 0.0833. The van der Waals surface area contributed by atoms with Gasteiger partial charge in [-0.15, -0.1) is 0 Å². The van der Waals surface area contributed by atoms with Gasteiger partial charge in [0.05, 0.1) is 40.6 Å². The molecule has 32 heavy (non-hydrogen) atoms. The molecule has 2 heterocycles. The van der Waals surface area contributed by atoms with E-state index in [9.17, 15) is 4.79 Å². The number of carbonyl (C=O) groups excluding carboxylic acids is 1. The first-order valence-electron chi connectivity index (χ1n) is 9.84. The van der Waals surface area contributed by atoms with E-state index >= 15 is 0 Å². The number of methoxy groups -OCH3 is 1. The number of ether oxygens (including phenoxy) is 1. The molecule has 0 atom stereocenters. The van der Waals surface area contributed by atoms with Gasteiger partial charge in [0.25, 0.3) is 5.91 Å². The molecule has 5 rings (SSSR count). The molecule has 0 aliphatic carbocycles. The number of halogens is 1. The van der Waals surface area contributed by atoms with Crippen LogP contribution in [-0.4, -0.2) is 28.0 Å². The average molecular weight is 461 g/mol. The van der Waals surface area contributed by atoms with Gasteiger partial charge in [-0.3, -0.25) is 14.7 Å². The quantitative estimate of drug-likeness (QED) is 0.334. The van der Waals surface area contributed by atoms with Crippen molar-refractivity contribution in [3.05, 3.63) is 89.2 Å². The van der Waals surface area contributed by atoms with E-state index in [4.69, 9.17) is 21.3 Å². The number of rotatable bonds is 5. The van der Waals surface area contributed by atoms with E-state index in [0.29, 0.717) is 33.5 Å². The van der Waals surface area contributed by atoms with Crippen LogP contribution in [0, 0.1) is 0 Å². The fourth-order valence-corrected chi connectivity index (χ4v) is 4.67. The predicted molar refractivity (Wildman–Crippen MR) is 128 cm³/mol. The highest BCUT2D eigenvalue weighted by Crippen LogP contribution is 2.39. The lowest BCUT2D eigenvalue weighted by atomic mass is 10.2. The van der Waals surface area contributed by atoms with Crippen LogP contribution in [-0.2, 0) is 6.54 Å². The summed E-state index contributed by atoms with van der Waals surface area (Å²) in [7, 11) is 1.58. The molecule has 0 spiro atoms. The number of fused-ring (bicyclic) bond motifs is 2. The van der Waals surface area contributed by atoms with Crippen LogP contribution in [0.5, 0.6) is 5.75 Å². The van der Waals surface area contributed by atoms with Crippen molar-refractivity contribution in [2.24, 2.45) is 0 Å². The largest absolute Gasteiger partial charge is 0.494 e. The minimum Gasteiger partial charge on any atom is -0.494 e. The molecule has 0 N–H and O–H groups in total. The Morgan fingerprint density at radius 2 is 1.75 bits per heavy atom. The Balaban J connectivity index is 1.62. The molecular formula is C24H17ClN4O2S. The summed E-state index contributed by atoms with van der Waals surface area (Å²) >= 11 is 7.76. The summed E-state index contributed by atoms with van der Waals surface area (Å²) in [5, 5.41) is 1.07. The fourth-order valence-electron chi connectivity index (χ4n) is 3.41. The van der Waals surface area contributed by atoms with Crippen LogP contribution in [0.1, 0.15) is 16.1 Å². The van der Waals surface area contributed by atoms with E-state index in [1.807, 2.05) is 54.6 Å². The van der Waals surface area contributed by atoms with Crippen LogP contribution in [0.15, 0.2) is 72.9 Å². The zero-order chi connectivity index (χ0) is 22.1. The van der Waals surface area contributed by atoms with Crippen molar-refractivity contribution in [2.45, 2.75) is 6.54 Å². The van der Waals surface area contributed by atoms with Crippen molar-refractivity contribution in [2.75, 3.05) is 12.0 Å². The standard InChI is InChI=1S/C24H17ClN4O2S/c1-31-20-12-11-16(25)22-21(20)28-24(32-22)29(14-15-7-3-2-4-8-15)23(30)19-13-26-17-9-5-6-10-18(17)27-19/h2-13H,14H2,1H3. The zero-order valence-electron chi connectivity index (χ0n) is 17.0.